The highest BCUT2D eigenvalue weighted by molar-refractivity contribution is 5.88. The predicted molar refractivity (Wildman–Crippen MR) is 41.5 cm³/mol. The zero-order chi connectivity index (χ0) is 7.14. The van der Waals surface area contributed by atoms with Crippen LogP contribution in [-0.4, -0.2) is 0 Å². The van der Waals surface area contributed by atoms with Crippen LogP contribution in [0.15, 0.2) is 23.3 Å². The molecule has 1 aliphatic carbocycles. The second-order valence-electron chi connectivity index (χ2n) is 2.52. The van der Waals surface area contributed by atoms with Crippen LogP contribution in [0.1, 0.15) is 16.9 Å². The summed E-state index contributed by atoms with van der Waals surface area (Å²) < 4.78 is 5.23. The molecule has 0 atom stereocenters. The molecule has 0 spiro atoms. The van der Waals surface area contributed by atoms with Gasteiger partial charge in [0.1, 0.15) is 5.76 Å². The molecule has 0 unspecified atom stereocenters. The van der Waals surface area contributed by atoms with E-state index in [1.165, 1.54) is 11.1 Å². The van der Waals surface area contributed by atoms with Crippen molar-refractivity contribution in [2.75, 3.05) is 0 Å². The van der Waals surface area contributed by atoms with Crippen molar-refractivity contribution in [2.24, 2.45) is 0 Å². The molecule has 1 heteroatoms. The molecule has 0 saturated carbocycles. The molecule has 1 heterocycles. The average molecular weight is 132 g/mol. The van der Waals surface area contributed by atoms with Crippen LogP contribution in [0.3, 0.4) is 0 Å². The molecule has 0 fully saturated rings. The minimum absolute atomic E-state index is 0.947. The largest absolute Gasteiger partial charge is 0.464 e. The van der Waals surface area contributed by atoms with Gasteiger partial charge in [0.15, 0.2) is 0 Å². The van der Waals surface area contributed by atoms with E-state index >= 15 is 0 Å². The van der Waals surface area contributed by atoms with E-state index in [9.17, 15) is 0 Å². The third-order valence-electron chi connectivity index (χ3n) is 1.76. The Morgan fingerprint density at radius 3 is 2.90 bits per heavy atom. The van der Waals surface area contributed by atoms with Gasteiger partial charge in [-0.2, -0.15) is 0 Å². The van der Waals surface area contributed by atoms with Crippen LogP contribution in [0.5, 0.6) is 0 Å². The SMILES string of the molecule is C=C1C=Cc2occ(C)c21. The third kappa shape index (κ3) is 0.520. The summed E-state index contributed by atoms with van der Waals surface area (Å²) >= 11 is 0. The van der Waals surface area contributed by atoms with E-state index in [-0.39, 0.29) is 0 Å². The normalized spacial score (nSPS) is 14.3. The number of rotatable bonds is 0. The molecule has 0 radical (unpaired) electrons. The Hall–Kier alpha value is -1.24. The van der Waals surface area contributed by atoms with Crippen molar-refractivity contribution in [1.82, 2.24) is 0 Å². The van der Waals surface area contributed by atoms with Crippen LogP contribution < -0.4 is 0 Å². The summed E-state index contributed by atoms with van der Waals surface area (Å²) in [5.41, 5.74) is 3.39. The van der Waals surface area contributed by atoms with Crippen molar-refractivity contribution in [3.63, 3.8) is 0 Å². The maximum absolute atomic E-state index is 5.23. The van der Waals surface area contributed by atoms with Gasteiger partial charge < -0.3 is 4.42 Å². The number of hydrogen-bond acceptors (Lipinski definition) is 1. The molecule has 0 aliphatic heterocycles. The van der Waals surface area contributed by atoms with Crippen LogP contribution in [-0.2, 0) is 0 Å². The molecule has 2 rings (SSSR count). The summed E-state index contributed by atoms with van der Waals surface area (Å²) in [5.74, 6) is 0.947. The van der Waals surface area contributed by atoms with Crippen LogP contribution >= 0.6 is 0 Å². The lowest BCUT2D eigenvalue weighted by molar-refractivity contribution is 0.555. The molecule has 10 heavy (non-hydrogen) atoms. The molecular weight excluding hydrogens is 124 g/mol. The van der Waals surface area contributed by atoms with Crippen molar-refractivity contribution in [3.05, 3.63) is 35.8 Å². The number of hydrogen-bond donors (Lipinski definition) is 0. The zero-order valence-corrected chi connectivity index (χ0v) is 5.85. The molecule has 50 valence electrons. The highest BCUT2D eigenvalue weighted by Gasteiger charge is 2.14. The molecule has 1 aromatic rings. The molecular formula is C9H8O. The van der Waals surface area contributed by atoms with Gasteiger partial charge in [-0.3, -0.25) is 0 Å². The summed E-state index contributed by atoms with van der Waals surface area (Å²) in [6.45, 7) is 5.91. The Labute approximate surface area is 59.7 Å². The minimum Gasteiger partial charge on any atom is -0.464 e. The molecule has 0 aromatic carbocycles. The monoisotopic (exact) mass is 132 g/mol. The van der Waals surface area contributed by atoms with E-state index in [4.69, 9.17) is 4.42 Å². The summed E-state index contributed by atoms with van der Waals surface area (Å²) in [5, 5.41) is 0. The first kappa shape index (κ1) is 5.54. The van der Waals surface area contributed by atoms with Gasteiger partial charge in [-0.15, -0.1) is 0 Å². The molecule has 1 aromatic heterocycles. The van der Waals surface area contributed by atoms with E-state index in [2.05, 4.69) is 6.58 Å². The highest BCUT2D eigenvalue weighted by Crippen LogP contribution is 2.31. The predicted octanol–water partition coefficient (Wildman–Crippen LogP) is 2.63. The first-order valence-corrected chi connectivity index (χ1v) is 3.24. The van der Waals surface area contributed by atoms with Crippen LogP contribution in [0, 0.1) is 6.92 Å². The van der Waals surface area contributed by atoms with E-state index in [0.717, 1.165) is 11.3 Å². The van der Waals surface area contributed by atoms with Crippen molar-refractivity contribution >= 4 is 11.6 Å². The summed E-state index contributed by atoms with van der Waals surface area (Å²) in [6.07, 6.45) is 5.69. The van der Waals surface area contributed by atoms with Gasteiger partial charge in [0, 0.05) is 5.56 Å². The van der Waals surface area contributed by atoms with Gasteiger partial charge in [-0.25, -0.2) is 0 Å². The Balaban J connectivity index is 2.74. The molecule has 1 aliphatic rings. The number of allylic oxidation sites excluding steroid dienone is 2. The maximum atomic E-state index is 5.23. The van der Waals surface area contributed by atoms with E-state index < -0.39 is 0 Å². The van der Waals surface area contributed by atoms with Crippen molar-refractivity contribution in [3.8, 4) is 0 Å². The fourth-order valence-corrected chi connectivity index (χ4v) is 1.26. The van der Waals surface area contributed by atoms with Gasteiger partial charge in [-0.05, 0) is 24.1 Å². The lowest BCUT2D eigenvalue weighted by Gasteiger charge is -1.90. The Morgan fingerprint density at radius 2 is 2.20 bits per heavy atom. The number of furan rings is 1. The van der Waals surface area contributed by atoms with E-state index in [0.29, 0.717) is 0 Å². The maximum Gasteiger partial charge on any atom is 0.134 e. The second-order valence-corrected chi connectivity index (χ2v) is 2.52. The van der Waals surface area contributed by atoms with Crippen LogP contribution in [0.4, 0.5) is 0 Å². The minimum atomic E-state index is 0.947. The van der Waals surface area contributed by atoms with E-state index in [1.807, 2.05) is 19.1 Å². The fraction of sp³-hybridized carbons (Fsp3) is 0.111. The molecule has 0 bridgehead atoms. The smallest absolute Gasteiger partial charge is 0.134 e. The van der Waals surface area contributed by atoms with Gasteiger partial charge in [0.25, 0.3) is 0 Å². The molecule has 1 nitrogen and oxygen atoms in total. The van der Waals surface area contributed by atoms with Crippen molar-refractivity contribution < 1.29 is 4.42 Å². The van der Waals surface area contributed by atoms with Crippen LogP contribution in [0.25, 0.3) is 11.6 Å². The quantitative estimate of drug-likeness (QED) is 0.529. The lowest BCUT2D eigenvalue weighted by Crippen LogP contribution is -1.74. The summed E-state index contributed by atoms with van der Waals surface area (Å²) in [6, 6.07) is 0. The Bertz CT molecular complexity index is 315. The topological polar surface area (TPSA) is 13.1 Å². The Morgan fingerprint density at radius 1 is 1.40 bits per heavy atom. The van der Waals surface area contributed by atoms with E-state index in [1.54, 1.807) is 6.26 Å². The second kappa shape index (κ2) is 1.63. The zero-order valence-electron chi connectivity index (χ0n) is 5.85. The van der Waals surface area contributed by atoms with Crippen molar-refractivity contribution in [1.29, 1.82) is 0 Å². The van der Waals surface area contributed by atoms with Crippen LogP contribution in [0.2, 0.25) is 0 Å². The van der Waals surface area contributed by atoms with Gasteiger partial charge in [0.2, 0.25) is 0 Å². The third-order valence-corrected chi connectivity index (χ3v) is 1.76. The standard InChI is InChI=1S/C9H8O/c1-6-3-4-8-9(6)7(2)5-10-8/h3-5H,1H2,2H3. The summed E-state index contributed by atoms with van der Waals surface area (Å²) in [4.78, 5) is 0. The average Bonchev–Trinajstić information content (AvgIpc) is 2.40. The van der Waals surface area contributed by atoms with Gasteiger partial charge >= 0.3 is 0 Å². The summed E-state index contributed by atoms with van der Waals surface area (Å²) in [7, 11) is 0. The van der Waals surface area contributed by atoms with Crippen molar-refractivity contribution in [2.45, 2.75) is 6.92 Å². The fourth-order valence-electron chi connectivity index (χ4n) is 1.26. The number of aryl methyl sites for hydroxylation is 1. The first-order valence-electron chi connectivity index (χ1n) is 3.24. The lowest BCUT2D eigenvalue weighted by atomic mass is 10.1. The Kier molecular flexibility index (Phi) is 0.901. The van der Waals surface area contributed by atoms with Gasteiger partial charge in [-0.1, -0.05) is 12.7 Å². The molecule has 0 amide bonds. The number of fused-ring (bicyclic) bond motifs is 1. The molecule has 0 N–H and O–H groups in total. The highest BCUT2D eigenvalue weighted by atomic mass is 16.3. The molecule has 0 saturated heterocycles. The first-order chi connectivity index (χ1) is 4.79. The van der Waals surface area contributed by atoms with Gasteiger partial charge in [0.05, 0.1) is 6.26 Å².